The van der Waals surface area contributed by atoms with E-state index < -0.39 is 14.9 Å². The fourth-order valence-electron chi connectivity index (χ4n) is 3.46. The number of ether oxygens (including phenoxy) is 2. The first-order chi connectivity index (χ1) is 13.9. The van der Waals surface area contributed by atoms with Gasteiger partial charge in [0.2, 0.25) is 10.0 Å². The second-order valence-electron chi connectivity index (χ2n) is 6.88. The Kier molecular flexibility index (Phi) is 5.29. The highest BCUT2D eigenvalue weighted by molar-refractivity contribution is 7.89. The lowest BCUT2D eigenvalue weighted by Gasteiger charge is -2.25. The van der Waals surface area contributed by atoms with E-state index in [-0.39, 0.29) is 16.3 Å². The van der Waals surface area contributed by atoms with Crippen molar-refractivity contribution in [3.63, 3.8) is 0 Å². The number of hydrogen-bond donors (Lipinski definition) is 1. The molecule has 2 aliphatic heterocycles. The van der Waals surface area contributed by atoms with Crippen LogP contribution in [0.5, 0.6) is 11.5 Å². The number of anilines is 2. The molecule has 154 valence electrons. The van der Waals surface area contributed by atoms with Crippen molar-refractivity contribution in [1.29, 1.82) is 0 Å². The molecule has 4 rings (SSSR count). The Morgan fingerprint density at radius 3 is 2.41 bits per heavy atom. The average Bonchev–Trinajstić information content (AvgIpc) is 2.74. The quantitative estimate of drug-likeness (QED) is 0.585. The fraction of sp³-hybridized carbons (Fsp3) is 0.368. The standard InChI is InChI=1S/C19H21N3O6S/c23-22(24)17-13-15(29(25,26)21-8-2-1-3-9-21)5-6-16(17)20-14-4-7-18-19(12-14)28-11-10-27-18/h4-7,12-13,20H,1-3,8-11H2. The van der Waals surface area contributed by atoms with Gasteiger partial charge in [-0.1, -0.05) is 6.42 Å². The number of nitro groups is 1. The number of rotatable bonds is 5. The van der Waals surface area contributed by atoms with E-state index in [1.54, 1.807) is 18.2 Å². The molecular weight excluding hydrogens is 398 g/mol. The Bertz CT molecular complexity index is 1030. The van der Waals surface area contributed by atoms with Crippen LogP contribution in [0.1, 0.15) is 19.3 Å². The van der Waals surface area contributed by atoms with Gasteiger partial charge in [-0.25, -0.2) is 8.42 Å². The molecule has 0 aliphatic carbocycles. The normalized spacial score (nSPS) is 17.0. The Morgan fingerprint density at radius 1 is 0.966 bits per heavy atom. The van der Waals surface area contributed by atoms with Crippen molar-refractivity contribution in [2.24, 2.45) is 0 Å². The van der Waals surface area contributed by atoms with E-state index in [4.69, 9.17) is 9.47 Å². The summed E-state index contributed by atoms with van der Waals surface area (Å²) >= 11 is 0. The van der Waals surface area contributed by atoms with E-state index in [9.17, 15) is 18.5 Å². The number of nitro benzene ring substituents is 1. The Balaban J connectivity index is 1.64. The summed E-state index contributed by atoms with van der Waals surface area (Å²) in [5.74, 6) is 1.16. The van der Waals surface area contributed by atoms with Gasteiger partial charge < -0.3 is 14.8 Å². The van der Waals surface area contributed by atoms with Crippen LogP contribution in [0, 0.1) is 10.1 Å². The van der Waals surface area contributed by atoms with Crippen LogP contribution in [0.25, 0.3) is 0 Å². The minimum atomic E-state index is -3.76. The SMILES string of the molecule is O=[N+]([O-])c1cc(S(=O)(=O)N2CCCCC2)ccc1Nc1ccc2c(c1)OCCO2. The predicted molar refractivity (Wildman–Crippen MR) is 106 cm³/mol. The zero-order valence-corrected chi connectivity index (χ0v) is 16.5. The van der Waals surface area contributed by atoms with E-state index >= 15 is 0 Å². The van der Waals surface area contributed by atoms with Crippen molar-refractivity contribution in [3.05, 3.63) is 46.5 Å². The van der Waals surface area contributed by atoms with E-state index in [0.29, 0.717) is 43.5 Å². The molecular formula is C19H21N3O6S. The van der Waals surface area contributed by atoms with Crippen LogP contribution in [0.4, 0.5) is 17.1 Å². The molecule has 10 heteroatoms. The number of nitrogens with zero attached hydrogens (tertiary/aromatic N) is 2. The lowest BCUT2D eigenvalue weighted by molar-refractivity contribution is -0.384. The number of benzene rings is 2. The molecule has 2 aliphatic rings. The van der Waals surface area contributed by atoms with Gasteiger partial charge in [-0.3, -0.25) is 10.1 Å². The molecule has 0 bridgehead atoms. The van der Waals surface area contributed by atoms with Gasteiger partial charge in [-0.05, 0) is 37.1 Å². The first-order valence-electron chi connectivity index (χ1n) is 9.40. The topological polar surface area (TPSA) is 111 Å². The third-order valence-electron chi connectivity index (χ3n) is 4.94. The molecule has 0 radical (unpaired) electrons. The monoisotopic (exact) mass is 419 g/mol. The van der Waals surface area contributed by atoms with Gasteiger partial charge in [-0.15, -0.1) is 0 Å². The number of piperidine rings is 1. The van der Waals surface area contributed by atoms with Crippen molar-refractivity contribution in [3.8, 4) is 11.5 Å². The fourth-order valence-corrected chi connectivity index (χ4v) is 5.00. The second-order valence-corrected chi connectivity index (χ2v) is 8.82. The van der Waals surface area contributed by atoms with Crippen LogP contribution < -0.4 is 14.8 Å². The zero-order chi connectivity index (χ0) is 20.4. The number of fused-ring (bicyclic) bond motifs is 1. The zero-order valence-electron chi connectivity index (χ0n) is 15.7. The average molecular weight is 419 g/mol. The van der Waals surface area contributed by atoms with E-state index in [0.717, 1.165) is 25.3 Å². The first kappa shape index (κ1) is 19.5. The third-order valence-corrected chi connectivity index (χ3v) is 6.83. The molecule has 1 saturated heterocycles. The molecule has 9 nitrogen and oxygen atoms in total. The third kappa shape index (κ3) is 3.99. The van der Waals surface area contributed by atoms with Gasteiger partial charge >= 0.3 is 0 Å². The van der Waals surface area contributed by atoms with Gasteiger partial charge in [0.1, 0.15) is 18.9 Å². The number of nitrogens with one attached hydrogen (secondary N) is 1. The molecule has 2 aromatic rings. The molecule has 0 saturated carbocycles. The van der Waals surface area contributed by atoms with Gasteiger partial charge in [0, 0.05) is 30.9 Å². The summed E-state index contributed by atoms with van der Waals surface area (Å²) in [6, 6.07) is 9.07. The highest BCUT2D eigenvalue weighted by Gasteiger charge is 2.28. The van der Waals surface area contributed by atoms with Crippen molar-refractivity contribution in [2.45, 2.75) is 24.2 Å². The molecule has 0 aromatic heterocycles. The van der Waals surface area contributed by atoms with E-state index in [1.807, 2.05) is 0 Å². The smallest absolute Gasteiger partial charge is 0.294 e. The summed E-state index contributed by atoms with van der Waals surface area (Å²) in [7, 11) is -3.76. The molecule has 1 fully saturated rings. The van der Waals surface area contributed by atoms with Crippen LogP contribution >= 0.6 is 0 Å². The minimum absolute atomic E-state index is 0.0705. The predicted octanol–water partition coefficient (Wildman–Crippen LogP) is 3.28. The molecule has 1 N–H and O–H groups in total. The lowest BCUT2D eigenvalue weighted by atomic mass is 10.2. The van der Waals surface area contributed by atoms with E-state index in [2.05, 4.69) is 5.32 Å². The number of hydrogen-bond acceptors (Lipinski definition) is 7. The van der Waals surface area contributed by atoms with Gasteiger partial charge in [0.15, 0.2) is 11.5 Å². The van der Waals surface area contributed by atoms with Crippen LogP contribution in [-0.4, -0.2) is 43.9 Å². The summed E-state index contributed by atoms with van der Waals surface area (Å²) in [5, 5.41) is 14.6. The Hall–Kier alpha value is -2.85. The maximum Gasteiger partial charge on any atom is 0.294 e. The molecule has 2 aromatic carbocycles. The van der Waals surface area contributed by atoms with Crippen LogP contribution in [0.3, 0.4) is 0 Å². The van der Waals surface area contributed by atoms with Gasteiger partial charge in [-0.2, -0.15) is 4.31 Å². The van der Waals surface area contributed by atoms with Crippen molar-refractivity contribution >= 4 is 27.1 Å². The summed E-state index contributed by atoms with van der Waals surface area (Å²) in [4.78, 5) is 11.0. The summed E-state index contributed by atoms with van der Waals surface area (Å²) in [5.41, 5.74) is 0.464. The second kappa shape index (κ2) is 7.88. The molecule has 0 unspecified atom stereocenters. The van der Waals surface area contributed by atoms with Gasteiger partial charge in [0.25, 0.3) is 5.69 Å². The largest absolute Gasteiger partial charge is 0.486 e. The van der Waals surface area contributed by atoms with Crippen LogP contribution in [0.15, 0.2) is 41.3 Å². The molecule has 0 spiro atoms. The van der Waals surface area contributed by atoms with Crippen LogP contribution in [-0.2, 0) is 10.0 Å². The van der Waals surface area contributed by atoms with Crippen LogP contribution in [0.2, 0.25) is 0 Å². The van der Waals surface area contributed by atoms with Gasteiger partial charge in [0.05, 0.1) is 9.82 Å². The highest BCUT2D eigenvalue weighted by atomic mass is 32.2. The molecule has 0 atom stereocenters. The van der Waals surface area contributed by atoms with E-state index in [1.165, 1.54) is 16.4 Å². The maximum atomic E-state index is 12.8. The Labute approximate surface area is 168 Å². The summed E-state index contributed by atoms with van der Waals surface area (Å²) in [6.45, 7) is 1.78. The number of sulfonamides is 1. The highest BCUT2D eigenvalue weighted by Crippen LogP contribution is 2.36. The molecule has 2 heterocycles. The van der Waals surface area contributed by atoms with Crippen molar-refractivity contribution < 1.29 is 22.8 Å². The minimum Gasteiger partial charge on any atom is -0.486 e. The molecule has 29 heavy (non-hydrogen) atoms. The van der Waals surface area contributed by atoms with Crippen molar-refractivity contribution in [1.82, 2.24) is 4.31 Å². The first-order valence-corrected chi connectivity index (χ1v) is 10.8. The Morgan fingerprint density at radius 2 is 1.69 bits per heavy atom. The summed E-state index contributed by atoms with van der Waals surface area (Å²) in [6.07, 6.45) is 2.58. The summed E-state index contributed by atoms with van der Waals surface area (Å²) < 4.78 is 38.1. The lowest BCUT2D eigenvalue weighted by Crippen LogP contribution is -2.35. The molecule has 0 amide bonds. The maximum absolute atomic E-state index is 12.8. The van der Waals surface area contributed by atoms with Crippen molar-refractivity contribution in [2.75, 3.05) is 31.6 Å².